The Balaban J connectivity index is 3.28. The number of carbonyl (C=O) groups excluding carboxylic acids is 2. The molecule has 0 saturated heterocycles. The molecule has 18 heavy (non-hydrogen) atoms. The quantitative estimate of drug-likeness (QED) is 0.473. The standard InChI is InChI=1S/C12H11NO4S/c1-16-11(14)8-3-4-9(12(15)17-2)10(7-8)13-5-6-18/h3-7H,1-2H3. The normalized spacial score (nSPS) is 10.1. The molecule has 0 radical (unpaired) electrons. The van der Waals surface area contributed by atoms with E-state index in [1.807, 2.05) is 0 Å². The number of thiocarbonyl (C=S) groups is 1. The van der Waals surface area contributed by atoms with Crippen LogP contribution in [0.4, 0.5) is 5.69 Å². The molecule has 0 heterocycles. The van der Waals surface area contributed by atoms with Crippen molar-refractivity contribution in [2.24, 2.45) is 4.99 Å². The molecule has 0 fully saturated rings. The van der Waals surface area contributed by atoms with Crippen LogP contribution in [0.5, 0.6) is 0 Å². The van der Waals surface area contributed by atoms with Gasteiger partial charge in [-0.05, 0) is 18.2 Å². The zero-order valence-electron chi connectivity index (χ0n) is 9.88. The van der Waals surface area contributed by atoms with E-state index in [9.17, 15) is 9.59 Å². The van der Waals surface area contributed by atoms with Gasteiger partial charge in [-0.1, -0.05) is 12.2 Å². The predicted molar refractivity (Wildman–Crippen MR) is 70.9 cm³/mol. The summed E-state index contributed by atoms with van der Waals surface area (Å²) in [5.74, 6) is -1.05. The Kier molecular flexibility index (Phi) is 5.13. The molecule has 0 atom stereocenters. The van der Waals surface area contributed by atoms with Gasteiger partial charge in [0, 0.05) is 11.6 Å². The fourth-order valence-electron chi connectivity index (χ4n) is 1.28. The van der Waals surface area contributed by atoms with Gasteiger partial charge in [0.1, 0.15) is 0 Å². The van der Waals surface area contributed by atoms with Gasteiger partial charge in [0.05, 0.1) is 31.0 Å². The number of ether oxygens (including phenoxy) is 2. The van der Waals surface area contributed by atoms with Crippen LogP contribution in [0, 0.1) is 0 Å². The van der Waals surface area contributed by atoms with Crippen LogP contribution in [0.25, 0.3) is 0 Å². The lowest BCUT2D eigenvalue weighted by molar-refractivity contribution is 0.0587. The molecule has 1 aromatic rings. The molecule has 0 unspecified atom stereocenters. The van der Waals surface area contributed by atoms with E-state index in [1.165, 1.54) is 44.0 Å². The van der Waals surface area contributed by atoms with E-state index >= 15 is 0 Å². The maximum atomic E-state index is 11.5. The Morgan fingerprint density at radius 1 is 1.22 bits per heavy atom. The molecule has 0 aromatic heterocycles. The molecule has 6 heteroatoms. The summed E-state index contributed by atoms with van der Waals surface area (Å²) in [6, 6.07) is 4.36. The van der Waals surface area contributed by atoms with Crippen LogP contribution < -0.4 is 0 Å². The Hall–Kier alpha value is -2.08. The van der Waals surface area contributed by atoms with Crippen LogP contribution >= 0.6 is 12.2 Å². The predicted octanol–water partition coefficient (Wildman–Crippen LogP) is 1.96. The van der Waals surface area contributed by atoms with Gasteiger partial charge in [0.2, 0.25) is 0 Å². The summed E-state index contributed by atoms with van der Waals surface area (Å²) in [4.78, 5) is 26.8. The number of hydrogen-bond acceptors (Lipinski definition) is 6. The Bertz CT molecular complexity index is 511. The summed E-state index contributed by atoms with van der Waals surface area (Å²) < 4.78 is 9.21. The molecular weight excluding hydrogens is 254 g/mol. The van der Waals surface area contributed by atoms with Crippen molar-refractivity contribution in [2.75, 3.05) is 14.2 Å². The monoisotopic (exact) mass is 265 g/mol. The number of hydrogen-bond donors (Lipinski definition) is 0. The van der Waals surface area contributed by atoms with Crippen molar-refractivity contribution in [3.8, 4) is 0 Å². The van der Waals surface area contributed by atoms with Crippen molar-refractivity contribution in [1.82, 2.24) is 0 Å². The Labute approximate surface area is 109 Å². The minimum Gasteiger partial charge on any atom is -0.465 e. The van der Waals surface area contributed by atoms with Crippen molar-refractivity contribution in [2.45, 2.75) is 0 Å². The first-order valence-electron chi connectivity index (χ1n) is 4.92. The van der Waals surface area contributed by atoms with Crippen LogP contribution in [-0.4, -0.2) is 37.7 Å². The highest BCUT2D eigenvalue weighted by Crippen LogP contribution is 2.22. The number of aliphatic imine (C=N–C) groups is 1. The summed E-state index contributed by atoms with van der Waals surface area (Å²) >= 11 is 4.61. The van der Waals surface area contributed by atoms with Crippen molar-refractivity contribution in [3.05, 3.63) is 29.3 Å². The van der Waals surface area contributed by atoms with Crippen molar-refractivity contribution < 1.29 is 19.1 Å². The molecule has 1 aromatic carbocycles. The molecule has 0 saturated carbocycles. The van der Waals surface area contributed by atoms with E-state index < -0.39 is 11.9 Å². The van der Waals surface area contributed by atoms with Gasteiger partial charge >= 0.3 is 11.9 Å². The highest BCUT2D eigenvalue weighted by molar-refractivity contribution is 7.80. The lowest BCUT2D eigenvalue weighted by Gasteiger charge is -2.05. The number of esters is 2. The van der Waals surface area contributed by atoms with E-state index in [0.717, 1.165) is 0 Å². The average molecular weight is 265 g/mol. The first-order valence-corrected chi connectivity index (χ1v) is 5.39. The zero-order chi connectivity index (χ0) is 13.5. The average Bonchev–Trinajstić information content (AvgIpc) is 2.42. The minimum atomic E-state index is -0.539. The summed E-state index contributed by atoms with van der Waals surface area (Å²) in [6.45, 7) is 0. The smallest absolute Gasteiger partial charge is 0.340 e. The number of carbonyl (C=O) groups is 2. The summed E-state index contributed by atoms with van der Waals surface area (Å²) in [5, 5.41) is 1.30. The van der Waals surface area contributed by atoms with Gasteiger partial charge in [0.25, 0.3) is 0 Å². The van der Waals surface area contributed by atoms with Crippen LogP contribution in [0.2, 0.25) is 0 Å². The molecule has 0 bridgehead atoms. The first-order chi connectivity index (χ1) is 8.63. The van der Waals surface area contributed by atoms with Gasteiger partial charge < -0.3 is 9.47 Å². The minimum absolute atomic E-state index is 0.248. The number of rotatable bonds is 4. The molecule has 1 rings (SSSR count). The van der Waals surface area contributed by atoms with Crippen LogP contribution in [0.3, 0.4) is 0 Å². The molecule has 94 valence electrons. The number of methoxy groups -OCH3 is 2. The summed E-state index contributed by atoms with van der Waals surface area (Å²) in [5.41, 5.74) is 0.839. The molecule has 0 aliphatic carbocycles. The van der Waals surface area contributed by atoms with Crippen molar-refractivity contribution >= 4 is 41.4 Å². The second-order valence-electron chi connectivity index (χ2n) is 3.13. The van der Waals surface area contributed by atoms with Gasteiger partial charge in [-0.3, -0.25) is 4.99 Å². The van der Waals surface area contributed by atoms with Crippen molar-refractivity contribution in [3.63, 3.8) is 0 Å². The molecule has 0 spiro atoms. The molecule has 0 aliphatic rings. The third kappa shape index (κ3) is 3.21. The van der Waals surface area contributed by atoms with Gasteiger partial charge in [0.15, 0.2) is 0 Å². The van der Waals surface area contributed by atoms with Crippen LogP contribution in [0.15, 0.2) is 23.2 Å². The molecule has 0 aliphatic heterocycles. The fraction of sp³-hybridized carbons (Fsp3) is 0.167. The topological polar surface area (TPSA) is 65.0 Å². The second kappa shape index (κ2) is 6.61. The first kappa shape index (κ1) is 14.0. The maximum Gasteiger partial charge on any atom is 0.340 e. The van der Waals surface area contributed by atoms with E-state index in [1.54, 1.807) is 0 Å². The molecule has 0 N–H and O–H groups in total. The molecule has 5 nitrogen and oxygen atoms in total. The number of benzene rings is 1. The molecular formula is C12H11NO4S. The largest absolute Gasteiger partial charge is 0.465 e. The lowest BCUT2D eigenvalue weighted by atomic mass is 10.1. The van der Waals surface area contributed by atoms with E-state index in [-0.39, 0.29) is 5.56 Å². The Morgan fingerprint density at radius 2 is 1.89 bits per heavy atom. The molecule has 0 amide bonds. The lowest BCUT2D eigenvalue weighted by Crippen LogP contribution is -2.05. The van der Waals surface area contributed by atoms with E-state index in [4.69, 9.17) is 0 Å². The summed E-state index contributed by atoms with van der Waals surface area (Å²) in [6.07, 6.45) is 1.35. The van der Waals surface area contributed by atoms with E-state index in [0.29, 0.717) is 11.3 Å². The fourth-order valence-corrected chi connectivity index (χ4v) is 1.34. The van der Waals surface area contributed by atoms with Gasteiger partial charge in [-0.15, -0.1) is 0 Å². The van der Waals surface area contributed by atoms with Gasteiger partial charge in [-0.2, -0.15) is 0 Å². The SMILES string of the molecule is COC(=O)c1ccc(C(=O)OC)c(N=CC=S)c1. The Morgan fingerprint density at radius 3 is 2.44 bits per heavy atom. The van der Waals surface area contributed by atoms with Gasteiger partial charge in [-0.25, -0.2) is 9.59 Å². The van der Waals surface area contributed by atoms with Crippen LogP contribution in [-0.2, 0) is 9.47 Å². The highest BCUT2D eigenvalue weighted by atomic mass is 32.1. The maximum absolute atomic E-state index is 11.5. The van der Waals surface area contributed by atoms with E-state index in [2.05, 4.69) is 26.7 Å². The third-order valence-corrected chi connectivity index (χ3v) is 2.22. The van der Waals surface area contributed by atoms with Crippen LogP contribution in [0.1, 0.15) is 20.7 Å². The third-order valence-electron chi connectivity index (χ3n) is 2.10. The zero-order valence-corrected chi connectivity index (χ0v) is 10.7. The van der Waals surface area contributed by atoms with Crippen molar-refractivity contribution in [1.29, 1.82) is 0 Å². The second-order valence-corrected chi connectivity index (χ2v) is 3.40. The highest BCUT2D eigenvalue weighted by Gasteiger charge is 2.14. The number of nitrogens with zero attached hydrogens (tertiary/aromatic N) is 1. The summed E-state index contributed by atoms with van der Waals surface area (Å²) in [7, 11) is 2.54.